The van der Waals surface area contributed by atoms with E-state index in [9.17, 15) is 9.59 Å². The average molecular weight is 387 g/mol. The van der Waals surface area contributed by atoms with E-state index in [2.05, 4.69) is 4.98 Å². The monoisotopic (exact) mass is 387 g/mol. The normalized spacial score (nSPS) is 13.7. The Morgan fingerprint density at radius 2 is 1.34 bits per heavy atom. The van der Waals surface area contributed by atoms with Gasteiger partial charge in [0.2, 0.25) is 0 Å². The van der Waals surface area contributed by atoms with E-state index < -0.39 is 11.7 Å². The fraction of sp³-hybridized carbons (Fsp3) is 0.292. The summed E-state index contributed by atoms with van der Waals surface area (Å²) >= 11 is 0. The summed E-state index contributed by atoms with van der Waals surface area (Å²) < 4.78 is 1.76. The van der Waals surface area contributed by atoms with Gasteiger partial charge in [-0.3, -0.25) is 9.59 Å². The largest absolute Gasteiger partial charge is 0.336 e. The van der Waals surface area contributed by atoms with Crippen molar-refractivity contribution in [3.63, 3.8) is 0 Å². The molecule has 0 spiro atoms. The van der Waals surface area contributed by atoms with Gasteiger partial charge < -0.3 is 9.47 Å². The lowest BCUT2D eigenvalue weighted by molar-refractivity contribution is -0.125. The number of imidazole rings is 1. The Morgan fingerprint density at radius 3 is 1.90 bits per heavy atom. The van der Waals surface area contributed by atoms with Crippen molar-refractivity contribution >= 4 is 11.7 Å². The van der Waals surface area contributed by atoms with Crippen LogP contribution in [-0.4, -0.2) is 39.2 Å². The zero-order valence-electron chi connectivity index (χ0n) is 17.1. The third-order valence-electron chi connectivity index (χ3n) is 5.54. The summed E-state index contributed by atoms with van der Waals surface area (Å²) in [4.78, 5) is 32.0. The number of hydrogen-bond donors (Lipinski definition) is 0. The predicted molar refractivity (Wildman–Crippen MR) is 114 cm³/mol. The molecule has 1 aliphatic rings. The number of benzene rings is 2. The number of aromatic nitrogens is 2. The standard InChI is InChI=1S/C24H25N3O2/c1-16-6-10-18(11-7-16)20-21(19-12-8-17(2)9-13-19)26(3)23(25-20)22(28)24(29)27-14-4-5-15-27/h6-13H,4-5,14-15H2,1-3H3. The smallest absolute Gasteiger partial charge is 0.298 e. The average Bonchev–Trinajstić information content (AvgIpc) is 3.37. The first kappa shape index (κ1) is 19.1. The summed E-state index contributed by atoms with van der Waals surface area (Å²) in [6.45, 7) is 5.36. The summed E-state index contributed by atoms with van der Waals surface area (Å²) in [5, 5.41) is 0. The Labute approximate surface area is 171 Å². The van der Waals surface area contributed by atoms with Gasteiger partial charge in [0.05, 0.1) is 11.4 Å². The molecule has 0 N–H and O–H groups in total. The van der Waals surface area contributed by atoms with E-state index >= 15 is 0 Å². The predicted octanol–water partition coefficient (Wildman–Crippen LogP) is 4.18. The summed E-state index contributed by atoms with van der Waals surface area (Å²) in [6, 6.07) is 16.2. The highest BCUT2D eigenvalue weighted by Gasteiger charge is 2.30. The first-order chi connectivity index (χ1) is 14.0. The molecule has 5 heteroatoms. The molecule has 0 atom stereocenters. The number of carbonyl (C=O) groups excluding carboxylic acids is 2. The SMILES string of the molecule is Cc1ccc(-c2nc(C(=O)C(=O)N3CCCC3)n(C)c2-c2ccc(C)cc2)cc1. The zero-order chi connectivity index (χ0) is 20.5. The van der Waals surface area contributed by atoms with Crippen molar-refractivity contribution in [1.29, 1.82) is 0 Å². The second-order valence-corrected chi connectivity index (χ2v) is 7.75. The van der Waals surface area contributed by atoms with Crippen LogP contribution in [0.1, 0.15) is 34.6 Å². The van der Waals surface area contributed by atoms with Crippen LogP contribution in [0.2, 0.25) is 0 Å². The lowest BCUT2D eigenvalue weighted by Crippen LogP contribution is -2.35. The van der Waals surface area contributed by atoms with Gasteiger partial charge >= 0.3 is 0 Å². The molecular weight excluding hydrogens is 362 g/mol. The van der Waals surface area contributed by atoms with Crippen LogP contribution in [0, 0.1) is 13.8 Å². The highest BCUT2D eigenvalue weighted by Crippen LogP contribution is 2.33. The molecule has 0 unspecified atom stereocenters. The van der Waals surface area contributed by atoms with E-state index in [1.807, 2.05) is 69.4 Å². The number of aryl methyl sites for hydroxylation is 2. The van der Waals surface area contributed by atoms with Crippen LogP contribution in [0.5, 0.6) is 0 Å². The molecule has 3 aromatic rings. The van der Waals surface area contributed by atoms with Gasteiger partial charge in [-0.15, -0.1) is 0 Å². The van der Waals surface area contributed by atoms with Gasteiger partial charge in [-0.2, -0.15) is 0 Å². The number of hydrogen-bond acceptors (Lipinski definition) is 3. The number of nitrogens with zero attached hydrogens (tertiary/aromatic N) is 3. The zero-order valence-corrected chi connectivity index (χ0v) is 17.1. The fourth-order valence-electron chi connectivity index (χ4n) is 3.82. The summed E-state index contributed by atoms with van der Waals surface area (Å²) in [5.74, 6) is -0.810. The Bertz CT molecular complexity index is 1060. The third-order valence-corrected chi connectivity index (χ3v) is 5.54. The van der Waals surface area contributed by atoms with E-state index in [4.69, 9.17) is 0 Å². The summed E-state index contributed by atoms with van der Waals surface area (Å²) in [7, 11) is 1.81. The van der Waals surface area contributed by atoms with Gasteiger partial charge in [-0.25, -0.2) is 4.98 Å². The van der Waals surface area contributed by atoms with E-state index in [0.29, 0.717) is 18.8 Å². The minimum absolute atomic E-state index is 0.188. The van der Waals surface area contributed by atoms with Crippen LogP contribution in [0.15, 0.2) is 48.5 Å². The van der Waals surface area contributed by atoms with Crippen LogP contribution in [-0.2, 0) is 11.8 Å². The molecule has 5 nitrogen and oxygen atoms in total. The van der Waals surface area contributed by atoms with Gasteiger partial charge in [0, 0.05) is 31.3 Å². The van der Waals surface area contributed by atoms with Crippen LogP contribution in [0.4, 0.5) is 0 Å². The Balaban J connectivity index is 1.84. The number of amides is 1. The molecule has 1 aromatic heterocycles. The minimum atomic E-state index is -0.541. The maximum atomic E-state index is 13.0. The molecular formula is C24H25N3O2. The highest BCUT2D eigenvalue weighted by atomic mass is 16.2. The lowest BCUT2D eigenvalue weighted by Gasteiger charge is -2.13. The molecule has 1 fully saturated rings. The molecule has 0 radical (unpaired) electrons. The first-order valence-electron chi connectivity index (χ1n) is 10.00. The van der Waals surface area contributed by atoms with Crippen LogP contribution < -0.4 is 0 Å². The van der Waals surface area contributed by atoms with E-state index in [1.165, 1.54) is 0 Å². The number of carbonyl (C=O) groups is 2. The second-order valence-electron chi connectivity index (χ2n) is 7.75. The van der Waals surface area contributed by atoms with Gasteiger partial charge in [-0.1, -0.05) is 59.7 Å². The molecule has 0 aliphatic carbocycles. The van der Waals surface area contributed by atoms with Crippen molar-refractivity contribution in [3.8, 4) is 22.5 Å². The van der Waals surface area contributed by atoms with Gasteiger partial charge in [0.15, 0.2) is 5.82 Å². The molecule has 2 aromatic carbocycles. The molecule has 1 amide bonds. The Morgan fingerprint density at radius 1 is 0.828 bits per heavy atom. The molecule has 4 rings (SSSR count). The summed E-state index contributed by atoms with van der Waals surface area (Å²) in [5.41, 5.74) is 5.76. The lowest BCUT2D eigenvalue weighted by atomic mass is 10.0. The molecule has 1 saturated heterocycles. The molecule has 1 aliphatic heterocycles. The second kappa shape index (κ2) is 7.66. The molecule has 29 heavy (non-hydrogen) atoms. The minimum Gasteiger partial charge on any atom is -0.336 e. The van der Waals surface area contributed by atoms with Crippen molar-refractivity contribution in [2.75, 3.05) is 13.1 Å². The van der Waals surface area contributed by atoms with E-state index in [1.54, 1.807) is 9.47 Å². The number of rotatable bonds is 4. The van der Waals surface area contributed by atoms with Crippen LogP contribution >= 0.6 is 0 Å². The molecule has 0 saturated carbocycles. The van der Waals surface area contributed by atoms with Crippen LogP contribution in [0.25, 0.3) is 22.5 Å². The number of ketones is 1. The Hall–Kier alpha value is -3.21. The number of likely N-dealkylation sites (tertiary alicyclic amines) is 1. The fourth-order valence-corrected chi connectivity index (χ4v) is 3.82. The summed E-state index contributed by atoms with van der Waals surface area (Å²) in [6.07, 6.45) is 1.89. The Kier molecular flexibility index (Phi) is 5.05. The van der Waals surface area contributed by atoms with Crippen molar-refractivity contribution in [2.24, 2.45) is 7.05 Å². The first-order valence-corrected chi connectivity index (χ1v) is 10.00. The molecule has 0 bridgehead atoms. The van der Waals surface area contributed by atoms with Gasteiger partial charge in [0.25, 0.3) is 11.7 Å². The van der Waals surface area contributed by atoms with Crippen molar-refractivity contribution < 1.29 is 9.59 Å². The van der Waals surface area contributed by atoms with E-state index in [0.717, 1.165) is 40.8 Å². The topological polar surface area (TPSA) is 55.2 Å². The highest BCUT2D eigenvalue weighted by molar-refractivity contribution is 6.42. The number of Topliss-reactive ketones (excluding diaryl/α,β-unsaturated/α-hetero) is 1. The van der Waals surface area contributed by atoms with Gasteiger partial charge in [0.1, 0.15) is 0 Å². The third kappa shape index (κ3) is 3.60. The van der Waals surface area contributed by atoms with E-state index in [-0.39, 0.29) is 5.82 Å². The van der Waals surface area contributed by atoms with Crippen LogP contribution in [0.3, 0.4) is 0 Å². The maximum absolute atomic E-state index is 13.0. The quantitative estimate of drug-likeness (QED) is 0.499. The molecule has 2 heterocycles. The van der Waals surface area contributed by atoms with Crippen molar-refractivity contribution in [1.82, 2.24) is 14.5 Å². The van der Waals surface area contributed by atoms with Crippen molar-refractivity contribution in [3.05, 3.63) is 65.5 Å². The van der Waals surface area contributed by atoms with Gasteiger partial charge in [-0.05, 0) is 26.7 Å². The molecule has 148 valence electrons. The maximum Gasteiger partial charge on any atom is 0.298 e. The van der Waals surface area contributed by atoms with Crippen molar-refractivity contribution in [2.45, 2.75) is 26.7 Å².